The summed E-state index contributed by atoms with van der Waals surface area (Å²) in [5, 5.41) is 0.481. The van der Waals surface area contributed by atoms with E-state index in [1.54, 1.807) is 10.9 Å². The van der Waals surface area contributed by atoms with Gasteiger partial charge in [-0.2, -0.15) is 0 Å². The van der Waals surface area contributed by atoms with Gasteiger partial charge in [0.1, 0.15) is 12.0 Å². The van der Waals surface area contributed by atoms with Gasteiger partial charge >= 0.3 is 7.41 Å². The molecule has 2 fully saturated rings. The van der Waals surface area contributed by atoms with Gasteiger partial charge in [-0.05, 0) is 48.6 Å². The molecule has 7 heteroatoms. The molecule has 2 aliphatic heterocycles. The lowest BCUT2D eigenvalue weighted by Gasteiger charge is -2.22. The molecule has 0 N–H and O–H groups in total. The molecule has 1 amide bonds. The molecule has 1 unspecified atom stereocenters. The molecule has 1 spiro atoms. The number of carbonyl (C=O) groups is 2. The summed E-state index contributed by atoms with van der Waals surface area (Å²) in [5.41, 5.74) is 1.70. The average molecular weight is 399 g/mol. The van der Waals surface area contributed by atoms with Crippen LogP contribution in [0.2, 0.25) is 5.02 Å². The summed E-state index contributed by atoms with van der Waals surface area (Å²) in [6.07, 6.45) is 2.64. The van der Waals surface area contributed by atoms with E-state index in [9.17, 15) is 14.0 Å². The van der Waals surface area contributed by atoms with Crippen molar-refractivity contribution < 1.29 is 18.7 Å². The standard InChI is InChI=1S/C21H19BClFNO3/c23-16-5-6-19(24)18(10-16)15-3-1-14(2-4-15)9-17-11-21(7-8-28-12-21)20(27)25(17)22-13-26/h1-6,10,13,17H,7-9,11-12H2/t17-,21?/m1/s1. The molecule has 2 saturated heterocycles. The fourth-order valence-electron chi connectivity index (χ4n) is 4.25. The molecule has 4 rings (SSSR count). The van der Waals surface area contributed by atoms with Crippen LogP contribution in [0, 0.1) is 11.2 Å². The predicted molar refractivity (Wildman–Crippen MR) is 106 cm³/mol. The highest BCUT2D eigenvalue weighted by Gasteiger charge is 2.53. The van der Waals surface area contributed by atoms with Crippen molar-refractivity contribution >= 4 is 31.1 Å². The van der Waals surface area contributed by atoms with E-state index in [0.29, 0.717) is 49.2 Å². The third-order valence-corrected chi connectivity index (χ3v) is 5.93. The van der Waals surface area contributed by atoms with Crippen LogP contribution in [0.3, 0.4) is 0 Å². The van der Waals surface area contributed by atoms with Crippen molar-refractivity contribution in [2.45, 2.75) is 25.3 Å². The van der Waals surface area contributed by atoms with E-state index in [4.69, 9.17) is 16.3 Å². The number of ether oxygens (including phenoxy) is 1. The number of benzene rings is 2. The monoisotopic (exact) mass is 398 g/mol. The van der Waals surface area contributed by atoms with Gasteiger partial charge in [0.25, 0.3) is 0 Å². The molecule has 143 valence electrons. The molecular weight excluding hydrogens is 379 g/mol. The van der Waals surface area contributed by atoms with Crippen LogP contribution in [0.1, 0.15) is 18.4 Å². The molecule has 2 atom stereocenters. The van der Waals surface area contributed by atoms with E-state index >= 15 is 0 Å². The Labute approximate surface area is 168 Å². The largest absolute Gasteiger partial charge is 0.380 e. The van der Waals surface area contributed by atoms with Crippen LogP contribution in [-0.4, -0.2) is 43.6 Å². The maximum absolute atomic E-state index is 14.1. The van der Waals surface area contributed by atoms with Gasteiger partial charge in [-0.1, -0.05) is 35.9 Å². The quantitative estimate of drug-likeness (QED) is 0.572. The molecule has 2 heterocycles. The molecule has 1 radical (unpaired) electrons. The lowest BCUT2D eigenvalue weighted by Crippen LogP contribution is -2.41. The van der Waals surface area contributed by atoms with E-state index in [1.807, 2.05) is 24.3 Å². The maximum atomic E-state index is 14.1. The minimum absolute atomic E-state index is 0.0280. The summed E-state index contributed by atoms with van der Waals surface area (Å²) in [6.45, 7) is 0.992. The Balaban J connectivity index is 1.54. The second-order valence-electron chi connectivity index (χ2n) is 7.46. The molecule has 2 aliphatic rings. The second-order valence-corrected chi connectivity index (χ2v) is 7.90. The molecule has 0 saturated carbocycles. The first-order chi connectivity index (χ1) is 13.5. The molecule has 2 aromatic rings. The lowest BCUT2D eigenvalue weighted by molar-refractivity contribution is -0.132. The highest BCUT2D eigenvalue weighted by Crippen LogP contribution is 2.43. The van der Waals surface area contributed by atoms with Gasteiger partial charge in [0.2, 0.25) is 5.91 Å². The first-order valence-electron chi connectivity index (χ1n) is 9.26. The van der Waals surface area contributed by atoms with E-state index in [2.05, 4.69) is 0 Å². The number of amides is 1. The average Bonchev–Trinajstić information content (AvgIpc) is 3.26. The van der Waals surface area contributed by atoms with E-state index in [-0.39, 0.29) is 17.8 Å². The third kappa shape index (κ3) is 3.47. The fraction of sp³-hybridized carbons (Fsp3) is 0.333. The van der Waals surface area contributed by atoms with Crippen LogP contribution in [0.5, 0.6) is 0 Å². The normalized spacial score (nSPS) is 24.1. The zero-order chi connectivity index (χ0) is 19.7. The highest BCUT2D eigenvalue weighted by atomic mass is 35.5. The van der Waals surface area contributed by atoms with Gasteiger partial charge in [0.15, 0.2) is 0 Å². The first kappa shape index (κ1) is 19.2. The van der Waals surface area contributed by atoms with E-state index in [1.165, 1.54) is 19.5 Å². The zero-order valence-electron chi connectivity index (χ0n) is 15.2. The Bertz CT molecular complexity index is 899. The van der Waals surface area contributed by atoms with Gasteiger partial charge in [-0.25, -0.2) is 4.39 Å². The minimum atomic E-state index is -0.506. The van der Waals surface area contributed by atoms with Gasteiger partial charge < -0.3 is 14.3 Å². The smallest absolute Gasteiger partial charge is 0.331 e. The van der Waals surface area contributed by atoms with Crippen LogP contribution < -0.4 is 0 Å². The van der Waals surface area contributed by atoms with Crippen molar-refractivity contribution in [3.8, 4) is 11.1 Å². The summed E-state index contributed by atoms with van der Waals surface area (Å²) in [6, 6.07) is 11.9. The number of rotatable bonds is 5. The SMILES string of the molecule is O=C[B]N1C(=O)C2(CCOC2)C[C@H]1Cc1ccc(-c2cc(Cl)ccc2F)cc1. The van der Waals surface area contributed by atoms with Gasteiger partial charge in [0, 0.05) is 23.2 Å². The molecule has 0 aliphatic carbocycles. The highest BCUT2D eigenvalue weighted by molar-refractivity contribution is 6.66. The van der Waals surface area contributed by atoms with Crippen LogP contribution in [0.4, 0.5) is 4.39 Å². The topological polar surface area (TPSA) is 46.6 Å². The summed E-state index contributed by atoms with van der Waals surface area (Å²) in [4.78, 5) is 25.4. The number of nitrogens with zero attached hydrogens (tertiary/aromatic N) is 1. The number of halogens is 2. The molecule has 0 bridgehead atoms. The van der Waals surface area contributed by atoms with Crippen LogP contribution in [0.25, 0.3) is 11.1 Å². The Morgan fingerprint density at radius 3 is 2.75 bits per heavy atom. The predicted octanol–water partition coefficient (Wildman–Crippen LogP) is 3.51. The number of hydrogen-bond donors (Lipinski definition) is 0. The number of carbonyl (C=O) groups excluding carboxylic acids is 2. The molecular formula is C21H19BClFNO3. The summed E-state index contributed by atoms with van der Waals surface area (Å²) >= 11 is 5.98. The van der Waals surface area contributed by atoms with Crippen LogP contribution in [0.15, 0.2) is 42.5 Å². The Hall–Kier alpha value is -2.18. The van der Waals surface area contributed by atoms with Crippen LogP contribution >= 0.6 is 11.6 Å². The fourth-order valence-corrected chi connectivity index (χ4v) is 4.42. The molecule has 4 nitrogen and oxygen atoms in total. The van der Waals surface area contributed by atoms with Gasteiger partial charge in [-0.3, -0.25) is 4.79 Å². The molecule has 28 heavy (non-hydrogen) atoms. The van der Waals surface area contributed by atoms with Crippen LogP contribution in [-0.2, 0) is 20.7 Å². The second kappa shape index (κ2) is 7.68. The Kier molecular flexibility index (Phi) is 5.26. The summed E-state index contributed by atoms with van der Waals surface area (Å²) < 4.78 is 19.5. The summed E-state index contributed by atoms with van der Waals surface area (Å²) in [7, 11) is 1.33. The van der Waals surface area contributed by atoms with Crippen molar-refractivity contribution in [3.63, 3.8) is 0 Å². The third-order valence-electron chi connectivity index (χ3n) is 5.70. The Morgan fingerprint density at radius 2 is 2.07 bits per heavy atom. The minimum Gasteiger partial charge on any atom is -0.380 e. The zero-order valence-corrected chi connectivity index (χ0v) is 16.0. The van der Waals surface area contributed by atoms with Gasteiger partial charge in [-0.15, -0.1) is 0 Å². The molecule has 2 aromatic carbocycles. The van der Waals surface area contributed by atoms with Gasteiger partial charge in [0.05, 0.1) is 12.0 Å². The maximum Gasteiger partial charge on any atom is 0.331 e. The Morgan fingerprint density at radius 1 is 1.29 bits per heavy atom. The van der Waals surface area contributed by atoms with Crippen molar-refractivity contribution in [1.82, 2.24) is 4.81 Å². The van der Waals surface area contributed by atoms with E-state index in [0.717, 1.165) is 11.1 Å². The van der Waals surface area contributed by atoms with Crippen molar-refractivity contribution in [2.75, 3.05) is 13.2 Å². The summed E-state index contributed by atoms with van der Waals surface area (Å²) in [5.74, 6) is -0.354. The van der Waals surface area contributed by atoms with Crippen molar-refractivity contribution in [1.29, 1.82) is 0 Å². The molecule has 0 aromatic heterocycles. The number of hydrogen-bond acceptors (Lipinski definition) is 3. The van der Waals surface area contributed by atoms with E-state index < -0.39 is 5.41 Å². The lowest BCUT2D eigenvalue weighted by atomic mass is 9.83. The van der Waals surface area contributed by atoms with Crippen molar-refractivity contribution in [3.05, 3.63) is 58.9 Å². The first-order valence-corrected chi connectivity index (χ1v) is 9.64. The van der Waals surface area contributed by atoms with Crippen molar-refractivity contribution in [2.24, 2.45) is 5.41 Å².